The molecule has 2 atom stereocenters. The summed E-state index contributed by atoms with van der Waals surface area (Å²) in [5.74, 6) is 0.0463. The van der Waals surface area contributed by atoms with Gasteiger partial charge in [0.2, 0.25) is 5.78 Å². The highest BCUT2D eigenvalue weighted by Gasteiger charge is 2.52. The molecule has 41 heavy (non-hydrogen) atoms. The Bertz CT molecular complexity index is 1800. The van der Waals surface area contributed by atoms with Crippen LogP contribution in [-0.2, 0) is 23.5 Å². The van der Waals surface area contributed by atoms with Gasteiger partial charge in [-0.25, -0.2) is 22.5 Å². The zero-order valence-electron chi connectivity index (χ0n) is 22.7. The summed E-state index contributed by atoms with van der Waals surface area (Å²) in [6.45, 7) is 0. The van der Waals surface area contributed by atoms with Gasteiger partial charge in [0.15, 0.2) is 10.0 Å². The number of sulfonamides is 1. The van der Waals surface area contributed by atoms with E-state index in [1.807, 2.05) is 11.5 Å². The number of Topliss-reactive ketones (excluding diaryl/α,β-unsaturated/α-hetero) is 1. The van der Waals surface area contributed by atoms with Crippen LogP contribution in [0.25, 0.3) is 11.8 Å². The van der Waals surface area contributed by atoms with Crippen molar-refractivity contribution in [3.8, 4) is 5.69 Å². The van der Waals surface area contributed by atoms with Gasteiger partial charge in [-0.3, -0.25) is 9.48 Å². The second kappa shape index (κ2) is 9.53. The standard InChI is InChI=1S/C29H29FN6O3S2/c1-34-12-11-26(33-34)41(38,39)35(2)23-8-5-20-13-25-19(16-31-36(25)22-9-6-21(30)7-10-22)14-29(20,15-23)27(37)28-32-24(17-40-28)18-3-4-18/h6-7,9-13,16-18,23H,3-5,8,14-15H2,1-2H3/t23-,29-/m0/s1. The molecule has 3 aromatic heterocycles. The van der Waals surface area contributed by atoms with Crippen LogP contribution in [0, 0.1) is 11.2 Å². The largest absolute Gasteiger partial charge is 0.290 e. The number of rotatable bonds is 7. The lowest BCUT2D eigenvalue weighted by molar-refractivity contribution is 0.0752. The zero-order valence-corrected chi connectivity index (χ0v) is 24.3. The Labute approximate surface area is 241 Å². The molecule has 3 heterocycles. The first-order valence-corrected chi connectivity index (χ1v) is 16.0. The van der Waals surface area contributed by atoms with Crippen molar-refractivity contribution in [2.45, 2.75) is 55.5 Å². The van der Waals surface area contributed by atoms with Gasteiger partial charge in [0.25, 0.3) is 10.0 Å². The van der Waals surface area contributed by atoms with Crippen molar-refractivity contribution in [2.75, 3.05) is 7.05 Å². The number of hydrogen-bond donors (Lipinski definition) is 0. The van der Waals surface area contributed by atoms with E-state index in [1.54, 1.807) is 43.3 Å². The van der Waals surface area contributed by atoms with E-state index in [-0.39, 0.29) is 16.6 Å². The van der Waals surface area contributed by atoms with Crippen molar-refractivity contribution in [1.29, 1.82) is 0 Å². The quantitative estimate of drug-likeness (QED) is 0.287. The lowest BCUT2D eigenvalue weighted by Crippen LogP contribution is -2.49. The second-order valence-corrected chi connectivity index (χ2v) is 14.1. The average molecular weight is 593 g/mol. The number of hydrogen-bond acceptors (Lipinski definition) is 7. The first kappa shape index (κ1) is 26.4. The number of ketones is 1. The molecule has 0 bridgehead atoms. The van der Waals surface area contributed by atoms with Crippen LogP contribution in [0.3, 0.4) is 0 Å². The number of thiazole rings is 1. The minimum absolute atomic E-state index is 0.00952. The number of fused-ring (bicyclic) bond motifs is 2. The number of carbonyl (C=O) groups excluding carboxylic acids is 1. The SMILES string of the molecule is CN([C@H]1CCC2=Cc3c(cnn3-c3ccc(F)cc3)C[C@]2(C(=O)c2nc(C3CC3)cs2)C1)S(=O)(=O)c1ccn(C)n1. The van der Waals surface area contributed by atoms with E-state index >= 15 is 0 Å². The molecule has 12 heteroatoms. The van der Waals surface area contributed by atoms with Crippen LogP contribution in [0.4, 0.5) is 4.39 Å². The number of aromatic nitrogens is 5. The molecule has 1 aromatic carbocycles. The van der Waals surface area contributed by atoms with Crippen molar-refractivity contribution in [3.63, 3.8) is 0 Å². The molecule has 0 amide bonds. The van der Waals surface area contributed by atoms with E-state index in [4.69, 9.17) is 4.98 Å². The fourth-order valence-corrected chi connectivity index (χ4v) is 8.49. The van der Waals surface area contributed by atoms with Crippen molar-refractivity contribution >= 4 is 33.2 Å². The van der Waals surface area contributed by atoms with Crippen molar-refractivity contribution in [2.24, 2.45) is 12.5 Å². The van der Waals surface area contributed by atoms with Gasteiger partial charge < -0.3 is 0 Å². The fourth-order valence-electron chi connectivity index (χ4n) is 6.22. The number of allylic oxidation sites excluding steroid dienone is 1. The third-order valence-electron chi connectivity index (χ3n) is 8.70. The number of benzene rings is 1. The van der Waals surface area contributed by atoms with Crippen molar-refractivity contribution in [3.05, 3.63) is 81.5 Å². The van der Waals surface area contributed by atoms with Crippen LogP contribution in [-0.4, -0.2) is 56.1 Å². The molecule has 0 radical (unpaired) electrons. The lowest BCUT2D eigenvalue weighted by Gasteiger charge is -2.45. The van der Waals surface area contributed by atoms with E-state index in [0.717, 1.165) is 41.1 Å². The predicted octanol–water partition coefficient (Wildman–Crippen LogP) is 4.76. The number of aryl methyl sites for hydroxylation is 1. The van der Waals surface area contributed by atoms with Gasteiger partial charge in [-0.15, -0.1) is 11.3 Å². The minimum Gasteiger partial charge on any atom is -0.290 e. The van der Waals surface area contributed by atoms with Crippen molar-refractivity contribution in [1.82, 2.24) is 28.9 Å². The molecule has 212 valence electrons. The summed E-state index contributed by atoms with van der Waals surface area (Å²) in [6, 6.07) is 7.24. The minimum atomic E-state index is -3.86. The molecule has 3 aliphatic rings. The molecule has 3 aliphatic carbocycles. The Morgan fingerprint density at radius 2 is 1.95 bits per heavy atom. The molecule has 0 saturated heterocycles. The maximum Gasteiger partial charge on any atom is 0.262 e. The van der Waals surface area contributed by atoms with Gasteiger partial charge in [-0.1, -0.05) is 5.57 Å². The van der Waals surface area contributed by atoms with Gasteiger partial charge >= 0.3 is 0 Å². The topological polar surface area (TPSA) is 103 Å². The van der Waals surface area contributed by atoms with Gasteiger partial charge in [0.05, 0.1) is 28.7 Å². The van der Waals surface area contributed by atoms with Crippen molar-refractivity contribution < 1.29 is 17.6 Å². The monoisotopic (exact) mass is 592 g/mol. The van der Waals surface area contributed by atoms with E-state index < -0.39 is 21.5 Å². The van der Waals surface area contributed by atoms with Crippen LogP contribution >= 0.6 is 11.3 Å². The summed E-state index contributed by atoms with van der Waals surface area (Å²) in [5.41, 5.74) is 3.47. The van der Waals surface area contributed by atoms with Crippen LogP contribution in [0.5, 0.6) is 0 Å². The van der Waals surface area contributed by atoms with Gasteiger partial charge in [-0.2, -0.15) is 14.5 Å². The Balaban J connectivity index is 1.29. The highest BCUT2D eigenvalue weighted by molar-refractivity contribution is 7.89. The summed E-state index contributed by atoms with van der Waals surface area (Å²) in [7, 11) is -0.596. The summed E-state index contributed by atoms with van der Waals surface area (Å²) in [6.07, 6.45) is 9.43. The molecule has 9 nitrogen and oxygen atoms in total. The number of halogens is 1. The molecule has 0 unspecified atom stereocenters. The maximum absolute atomic E-state index is 14.5. The molecule has 0 spiro atoms. The first-order chi connectivity index (χ1) is 19.7. The van der Waals surface area contributed by atoms with Crippen LogP contribution in [0.1, 0.15) is 64.8 Å². The second-order valence-electron chi connectivity index (χ2n) is 11.3. The Morgan fingerprint density at radius 1 is 1.17 bits per heavy atom. The average Bonchev–Trinajstić information content (AvgIpc) is 3.32. The lowest BCUT2D eigenvalue weighted by atomic mass is 9.61. The molecule has 0 aliphatic heterocycles. The zero-order chi connectivity index (χ0) is 28.5. The molecule has 0 N–H and O–H groups in total. The summed E-state index contributed by atoms with van der Waals surface area (Å²) in [4.78, 5) is 19.2. The number of carbonyl (C=O) groups is 1. The van der Waals surface area contributed by atoms with E-state index in [2.05, 4.69) is 10.2 Å². The highest BCUT2D eigenvalue weighted by atomic mass is 32.2. The Morgan fingerprint density at radius 3 is 2.66 bits per heavy atom. The van der Waals surface area contributed by atoms with Crippen LogP contribution in [0.15, 0.2) is 58.7 Å². The third-order valence-corrected chi connectivity index (χ3v) is 11.4. The summed E-state index contributed by atoms with van der Waals surface area (Å²) >= 11 is 1.38. The van der Waals surface area contributed by atoms with E-state index in [0.29, 0.717) is 36.6 Å². The smallest absolute Gasteiger partial charge is 0.262 e. The summed E-state index contributed by atoms with van der Waals surface area (Å²) in [5, 5.41) is 11.2. The molecule has 7 rings (SSSR count). The highest BCUT2D eigenvalue weighted by Crippen LogP contribution is 2.52. The van der Waals surface area contributed by atoms with E-state index in [9.17, 15) is 17.6 Å². The normalized spacial score (nSPS) is 22.3. The van der Waals surface area contributed by atoms with Crippen LogP contribution < -0.4 is 0 Å². The first-order valence-electron chi connectivity index (χ1n) is 13.7. The van der Waals surface area contributed by atoms with E-state index in [1.165, 1.54) is 38.5 Å². The van der Waals surface area contributed by atoms with Gasteiger partial charge in [0.1, 0.15) is 5.82 Å². The third kappa shape index (κ3) is 4.39. The molecule has 2 fully saturated rings. The Hall–Kier alpha value is -3.48. The fraction of sp³-hybridized carbons (Fsp3) is 0.379. The van der Waals surface area contributed by atoms with Gasteiger partial charge in [-0.05, 0) is 80.5 Å². The molecule has 2 saturated carbocycles. The van der Waals surface area contributed by atoms with Gasteiger partial charge in [0, 0.05) is 37.6 Å². The molecular weight excluding hydrogens is 563 g/mol. The number of nitrogens with zero attached hydrogens (tertiary/aromatic N) is 6. The van der Waals surface area contributed by atoms with Crippen LogP contribution in [0.2, 0.25) is 0 Å². The molecule has 4 aromatic rings. The Kier molecular flexibility index (Phi) is 6.14. The maximum atomic E-state index is 14.5. The predicted molar refractivity (Wildman–Crippen MR) is 152 cm³/mol. The summed E-state index contributed by atoms with van der Waals surface area (Å²) < 4.78 is 45.3. The molecular formula is C29H29FN6O3S2.